The van der Waals surface area contributed by atoms with Gasteiger partial charge < -0.3 is 4.74 Å². The van der Waals surface area contributed by atoms with E-state index in [1.807, 2.05) is 19.1 Å². The topological polar surface area (TPSA) is 69.4 Å². The van der Waals surface area contributed by atoms with Gasteiger partial charge in [-0.25, -0.2) is 0 Å². The van der Waals surface area contributed by atoms with Crippen LogP contribution in [-0.4, -0.2) is 17.3 Å². The zero-order valence-electron chi connectivity index (χ0n) is 13.2. The first-order valence-electron chi connectivity index (χ1n) is 7.51. The van der Waals surface area contributed by atoms with Gasteiger partial charge in [-0.15, -0.1) is 0 Å². The van der Waals surface area contributed by atoms with Gasteiger partial charge in [0.2, 0.25) is 0 Å². The van der Waals surface area contributed by atoms with Gasteiger partial charge in [0.15, 0.2) is 18.1 Å². The molecule has 0 aromatic heterocycles. The third-order valence-corrected chi connectivity index (χ3v) is 3.49. The van der Waals surface area contributed by atoms with E-state index in [9.17, 15) is 14.9 Å². The van der Waals surface area contributed by atoms with E-state index in [1.165, 1.54) is 11.6 Å². The number of ketones is 1. The molecule has 120 valence electrons. The second-order valence-corrected chi connectivity index (χ2v) is 5.39. The van der Waals surface area contributed by atoms with Crippen molar-refractivity contribution in [1.29, 1.82) is 0 Å². The van der Waals surface area contributed by atoms with Crippen molar-refractivity contribution in [2.24, 2.45) is 0 Å². The maximum absolute atomic E-state index is 12.2. The third-order valence-electron chi connectivity index (χ3n) is 3.49. The van der Waals surface area contributed by atoms with Crippen LogP contribution in [0.4, 0.5) is 5.69 Å². The number of carbonyl (C=O) groups excluding carboxylic acids is 1. The molecule has 2 aromatic rings. The van der Waals surface area contributed by atoms with Gasteiger partial charge in [-0.3, -0.25) is 14.9 Å². The molecule has 0 radical (unpaired) electrons. The van der Waals surface area contributed by atoms with Crippen LogP contribution in [0.25, 0.3) is 0 Å². The lowest BCUT2D eigenvalue weighted by molar-refractivity contribution is -0.385. The number of nitro benzene ring substituents is 1. The number of nitrogens with zero attached hydrogens (tertiary/aromatic N) is 1. The zero-order valence-corrected chi connectivity index (χ0v) is 13.2. The highest BCUT2D eigenvalue weighted by molar-refractivity contribution is 5.97. The Morgan fingerprint density at radius 2 is 1.87 bits per heavy atom. The molecule has 2 rings (SSSR count). The van der Waals surface area contributed by atoms with Gasteiger partial charge in [-0.05, 0) is 30.5 Å². The molecule has 0 saturated carbocycles. The summed E-state index contributed by atoms with van der Waals surface area (Å²) in [6, 6.07) is 12.0. The van der Waals surface area contributed by atoms with Crippen molar-refractivity contribution in [2.45, 2.75) is 26.7 Å². The number of Topliss-reactive ketones (excluding diaryl/α,β-unsaturated/α-hetero) is 1. The zero-order chi connectivity index (χ0) is 16.8. The van der Waals surface area contributed by atoms with E-state index < -0.39 is 4.92 Å². The standard InChI is InChI=1S/C18H19NO4/c1-3-4-14-6-8-15(9-7-14)17(20)12-23-18-11-13(2)5-10-16(18)19(21)22/h5-11H,3-4,12H2,1-2H3. The van der Waals surface area contributed by atoms with Crippen molar-refractivity contribution in [3.63, 3.8) is 0 Å². The molecule has 0 aliphatic rings. The maximum atomic E-state index is 12.2. The Morgan fingerprint density at radius 3 is 2.48 bits per heavy atom. The molecule has 5 heteroatoms. The molecule has 0 atom stereocenters. The number of benzene rings is 2. The van der Waals surface area contributed by atoms with Crippen molar-refractivity contribution in [2.75, 3.05) is 6.61 Å². The lowest BCUT2D eigenvalue weighted by atomic mass is 10.1. The molecule has 0 aliphatic heterocycles. The van der Waals surface area contributed by atoms with E-state index in [1.54, 1.807) is 24.3 Å². The van der Waals surface area contributed by atoms with E-state index in [2.05, 4.69) is 6.92 Å². The van der Waals surface area contributed by atoms with Gasteiger partial charge in [0, 0.05) is 11.6 Å². The summed E-state index contributed by atoms with van der Waals surface area (Å²) < 4.78 is 5.38. The predicted molar refractivity (Wildman–Crippen MR) is 88.1 cm³/mol. The molecule has 0 N–H and O–H groups in total. The molecule has 0 unspecified atom stereocenters. The molecule has 5 nitrogen and oxygen atoms in total. The highest BCUT2D eigenvalue weighted by Gasteiger charge is 2.16. The first-order chi connectivity index (χ1) is 11.0. The predicted octanol–water partition coefficient (Wildman–Crippen LogP) is 4.12. The van der Waals surface area contributed by atoms with Crippen LogP contribution in [0.1, 0.15) is 34.8 Å². The highest BCUT2D eigenvalue weighted by atomic mass is 16.6. The summed E-state index contributed by atoms with van der Waals surface area (Å²) >= 11 is 0. The molecule has 0 fully saturated rings. The number of ether oxygens (including phenoxy) is 1. The van der Waals surface area contributed by atoms with Crippen LogP contribution < -0.4 is 4.74 Å². The normalized spacial score (nSPS) is 10.3. The fourth-order valence-corrected chi connectivity index (χ4v) is 2.26. The Bertz CT molecular complexity index is 707. The van der Waals surface area contributed by atoms with E-state index in [-0.39, 0.29) is 23.8 Å². The van der Waals surface area contributed by atoms with Crippen LogP contribution in [0.5, 0.6) is 5.75 Å². The quantitative estimate of drug-likeness (QED) is 0.438. The molecular weight excluding hydrogens is 294 g/mol. The number of rotatable bonds is 7. The van der Waals surface area contributed by atoms with Crippen LogP contribution in [0.3, 0.4) is 0 Å². The molecule has 0 amide bonds. The number of carbonyl (C=O) groups is 1. The summed E-state index contributed by atoms with van der Waals surface area (Å²) in [5, 5.41) is 11.0. The molecule has 0 spiro atoms. The van der Waals surface area contributed by atoms with Gasteiger partial charge in [0.1, 0.15) is 0 Å². The van der Waals surface area contributed by atoms with Crippen LogP contribution >= 0.6 is 0 Å². The van der Waals surface area contributed by atoms with E-state index >= 15 is 0 Å². The summed E-state index contributed by atoms with van der Waals surface area (Å²) in [7, 11) is 0. The van der Waals surface area contributed by atoms with Gasteiger partial charge >= 0.3 is 5.69 Å². The average Bonchev–Trinajstić information content (AvgIpc) is 2.53. The minimum absolute atomic E-state index is 0.117. The Hall–Kier alpha value is -2.69. The second kappa shape index (κ2) is 7.54. The van der Waals surface area contributed by atoms with Crippen molar-refractivity contribution in [3.05, 3.63) is 69.3 Å². The van der Waals surface area contributed by atoms with Crippen LogP contribution in [0.2, 0.25) is 0 Å². The van der Waals surface area contributed by atoms with Crippen molar-refractivity contribution in [3.8, 4) is 5.75 Å². The molecule has 0 aliphatic carbocycles. The summed E-state index contributed by atoms with van der Waals surface area (Å²) in [5.41, 5.74) is 2.42. The van der Waals surface area contributed by atoms with Gasteiger partial charge in [0.25, 0.3) is 0 Å². The maximum Gasteiger partial charge on any atom is 0.310 e. The van der Waals surface area contributed by atoms with Crippen LogP contribution in [-0.2, 0) is 6.42 Å². The lowest BCUT2D eigenvalue weighted by Gasteiger charge is -2.07. The Morgan fingerprint density at radius 1 is 1.17 bits per heavy atom. The van der Waals surface area contributed by atoms with Crippen molar-refractivity contribution in [1.82, 2.24) is 0 Å². The fraction of sp³-hybridized carbons (Fsp3) is 0.278. The van der Waals surface area contributed by atoms with Gasteiger partial charge in [0.05, 0.1) is 4.92 Å². The van der Waals surface area contributed by atoms with Crippen LogP contribution in [0.15, 0.2) is 42.5 Å². The molecule has 0 saturated heterocycles. The van der Waals surface area contributed by atoms with Crippen molar-refractivity contribution >= 4 is 11.5 Å². The number of hydrogen-bond donors (Lipinski definition) is 0. The fourth-order valence-electron chi connectivity index (χ4n) is 2.26. The Balaban J connectivity index is 2.07. The SMILES string of the molecule is CCCc1ccc(C(=O)COc2cc(C)ccc2[N+](=O)[O-])cc1. The lowest BCUT2D eigenvalue weighted by Crippen LogP contribution is -2.12. The summed E-state index contributed by atoms with van der Waals surface area (Å²) in [4.78, 5) is 22.6. The highest BCUT2D eigenvalue weighted by Crippen LogP contribution is 2.27. The molecule has 2 aromatic carbocycles. The van der Waals surface area contributed by atoms with Gasteiger partial charge in [-0.1, -0.05) is 43.7 Å². The number of nitro groups is 1. The summed E-state index contributed by atoms with van der Waals surface area (Å²) in [6.07, 6.45) is 2.02. The monoisotopic (exact) mass is 313 g/mol. The first kappa shape index (κ1) is 16.7. The summed E-state index contributed by atoms with van der Waals surface area (Å²) in [5.74, 6) is -0.0881. The second-order valence-electron chi connectivity index (χ2n) is 5.39. The Kier molecular flexibility index (Phi) is 5.46. The van der Waals surface area contributed by atoms with E-state index in [0.29, 0.717) is 5.56 Å². The molecule has 0 bridgehead atoms. The average molecular weight is 313 g/mol. The number of aryl methyl sites for hydroxylation is 2. The molecular formula is C18H19NO4. The van der Waals surface area contributed by atoms with Gasteiger partial charge in [-0.2, -0.15) is 0 Å². The Labute approximate surface area is 135 Å². The molecule has 0 heterocycles. The van der Waals surface area contributed by atoms with Crippen molar-refractivity contribution < 1.29 is 14.5 Å². The molecule has 23 heavy (non-hydrogen) atoms. The smallest absolute Gasteiger partial charge is 0.310 e. The summed E-state index contributed by atoms with van der Waals surface area (Å²) in [6.45, 7) is 3.68. The minimum atomic E-state index is -0.515. The van der Waals surface area contributed by atoms with E-state index in [0.717, 1.165) is 18.4 Å². The first-order valence-corrected chi connectivity index (χ1v) is 7.51. The third kappa shape index (κ3) is 4.39. The van der Waals surface area contributed by atoms with E-state index in [4.69, 9.17) is 4.74 Å². The largest absolute Gasteiger partial charge is 0.478 e. The minimum Gasteiger partial charge on any atom is -0.478 e. The number of hydrogen-bond acceptors (Lipinski definition) is 4. The van der Waals surface area contributed by atoms with Crippen LogP contribution in [0, 0.1) is 17.0 Å².